The maximum Gasteiger partial charge on any atom is 0.337 e. The number of aromatic carboxylic acids is 1. The van der Waals surface area contributed by atoms with E-state index in [2.05, 4.69) is 39.7 Å². The van der Waals surface area contributed by atoms with Gasteiger partial charge < -0.3 is 14.2 Å². The quantitative estimate of drug-likeness (QED) is 0.628. The molecule has 0 fully saturated rings. The zero-order valence-electron chi connectivity index (χ0n) is 13.4. The van der Waals surface area contributed by atoms with Crippen LogP contribution in [0.4, 0.5) is 0 Å². The minimum Gasteiger partial charge on any atom is -0.478 e. The number of benzene rings is 1. The number of aryl methyl sites for hydroxylation is 2. The van der Waals surface area contributed by atoms with Gasteiger partial charge in [0.2, 0.25) is 0 Å². The molecule has 0 aliphatic heterocycles. The summed E-state index contributed by atoms with van der Waals surface area (Å²) < 4.78 is 4.11. The zero-order valence-corrected chi connectivity index (χ0v) is 13.4. The molecule has 24 heavy (non-hydrogen) atoms. The molecular formula is C18H16N4O2. The molecule has 1 aromatic carbocycles. The highest BCUT2D eigenvalue weighted by Crippen LogP contribution is 2.29. The number of aromatic nitrogens is 4. The lowest BCUT2D eigenvalue weighted by atomic mass is 10.2. The van der Waals surface area contributed by atoms with E-state index < -0.39 is 5.97 Å². The minimum absolute atomic E-state index is 0.142. The van der Waals surface area contributed by atoms with Gasteiger partial charge in [0, 0.05) is 30.7 Å². The maximum absolute atomic E-state index is 11.1. The van der Waals surface area contributed by atoms with Gasteiger partial charge in [-0.15, -0.1) is 0 Å². The first-order chi connectivity index (χ1) is 11.6. The van der Waals surface area contributed by atoms with Gasteiger partial charge in [-0.05, 0) is 25.1 Å². The third-order valence-electron chi connectivity index (χ3n) is 4.31. The molecule has 4 rings (SSSR count). The van der Waals surface area contributed by atoms with Crippen molar-refractivity contribution in [1.82, 2.24) is 19.1 Å². The van der Waals surface area contributed by atoms with E-state index in [0.29, 0.717) is 11.2 Å². The molecule has 0 amide bonds. The van der Waals surface area contributed by atoms with Crippen molar-refractivity contribution < 1.29 is 9.90 Å². The molecule has 0 bridgehead atoms. The van der Waals surface area contributed by atoms with E-state index in [4.69, 9.17) is 5.11 Å². The number of hydrogen-bond acceptors (Lipinski definition) is 3. The van der Waals surface area contributed by atoms with Gasteiger partial charge >= 0.3 is 5.97 Å². The van der Waals surface area contributed by atoms with Crippen LogP contribution < -0.4 is 0 Å². The van der Waals surface area contributed by atoms with E-state index in [1.54, 1.807) is 6.07 Å². The van der Waals surface area contributed by atoms with E-state index in [1.807, 2.05) is 23.7 Å². The summed E-state index contributed by atoms with van der Waals surface area (Å²) in [7, 11) is 1.90. The molecule has 0 unspecified atom stereocenters. The van der Waals surface area contributed by atoms with Crippen molar-refractivity contribution in [3.63, 3.8) is 0 Å². The number of para-hydroxylation sites is 1. The minimum atomic E-state index is -1.00. The van der Waals surface area contributed by atoms with Gasteiger partial charge in [-0.3, -0.25) is 0 Å². The summed E-state index contributed by atoms with van der Waals surface area (Å²) in [6.07, 6.45) is 1.37. The normalized spacial score (nSPS) is 11.4. The van der Waals surface area contributed by atoms with Gasteiger partial charge in [0.1, 0.15) is 5.52 Å². The molecular weight excluding hydrogens is 304 g/mol. The van der Waals surface area contributed by atoms with Crippen LogP contribution in [0, 0.1) is 0 Å². The Morgan fingerprint density at radius 1 is 1.25 bits per heavy atom. The first-order valence-corrected chi connectivity index (χ1v) is 7.74. The molecule has 0 saturated carbocycles. The summed E-state index contributed by atoms with van der Waals surface area (Å²) in [6, 6.07) is 11.9. The van der Waals surface area contributed by atoms with Crippen molar-refractivity contribution >= 4 is 28.0 Å². The molecule has 120 valence electrons. The van der Waals surface area contributed by atoms with Gasteiger partial charge in [-0.1, -0.05) is 18.2 Å². The summed E-state index contributed by atoms with van der Waals surface area (Å²) in [5, 5.41) is 10.3. The Kier molecular flexibility index (Phi) is 3.13. The lowest BCUT2D eigenvalue weighted by molar-refractivity contribution is 0.0696. The highest BCUT2D eigenvalue weighted by Gasteiger charge is 2.17. The Labute approximate surface area is 138 Å². The van der Waals surface area contributed by atoms with Crippen molar-refractivity contribution in [2.24, 2.45) is 7.05 Å². The van der Waals surface area contributed by atoms with Crippen molar-refractivity contribution in [2.45, 2.75) is 13.5 Å². The molecule has 6 nitrogen and oxygen atoms in total. The molecule has 1 N–H and O–H groups in total. The first kappa shape index (κ1) is 14.4. The van der Waals surface area contributed by atoms with Crippen LogP contribution in [-0.2, 0) is 13.6 Å². The Morgan fingerprint density at radius 2 is 2.04 bits per heavy atom. The average molecular weight is 320 g/mol. The molecule has 0 radical (unpaired) electrons. The highest BCUT2D eigenvalue weighted by atomic mass is 16.4. The van der Waals surface area contributed by atoms with E-state index in [9.17, 15) is 4.79 Å². The van der Waals surface area contributed by atoms with Crippen LogP contribution >= 0.6 is 0 Å². The first-order valence-electron chi connectivity index (χ1n) is 7.74. The summed E-state index contributed by atoms with van der Waals surface area (Å²) in [5.41, 5.74) is 3.55. The topological polar surface area (TPSA) is 72.9 Å². The largest absolute Gasteiger partial charge is 0.478 e. The predicted molar refractivity (Wildman–Crippen MR) is 92.1 cm³/mol. The number of hydrogen-bond donors (Lipinski definition) is 1. The number of nitrogens with zero attached hydrogens (tertiary/aromatic N) is 4. The standard InChI is InChI=1S/C18H16N4O2/c1-3-22-14-7-5-4-6-11(14)9-15(22)17-20-13-8-12(18(23)24)10-19-16(13)21(17)2/h4-10H,3H2,1-2H3,(H,23,24). The van der Waals surface area contributed by atoms with Crippen molar-refractivity contribution in [3.8, 4) is 11.5 Å². The third kappa shape index (κ3) is 2.00. The van der Waals surface area contributed by atoms with Gasteiger partial charge in [0.05, 0.1) is 11.3 Å². The van der Waals surface area contributed by atoms with E-state index >= 15 is 0 Å². The van der Waals surface area contributed by atoms with Crippen LogP contribution in [0.25, 0.3) is 33.6 Å². The number of pyridine rings is 1. The van der Waals surface area contributed by atoms with Crippen molar-refractivity contribution in [2.75, 3.05) is 0 Å². The van der Waals surface area contributed by atoms with Gasteiger partial charge in [0.15, 0.2) is 11.5 Å². The number of fused-ring (bicyclic) bond motifs is 2. The number of rotatable bonds is 3. The molecule has 3 aromatic heterocycles. The molecule has 3 heterocycles. The summed E-state index contributed by atoms with van der Waals surface area (Å²) in [6.45, 7) is 2.92. The van der Waals surface area contributed by atoms with E-state index in [-0.39, 0.29) is 5.56 Å². The monoisotopic (exact) mass is 320 g/mol. The number of imidazole rings is 1. The maximum atomic E-state index is 11.1. The van der Waals surface area contributed by atoms with Crippen LogP contribution in [0.2, 0.25) is 0 Å². The molecule has 6 heteroatoms. The van der Waals surface area contributed by atoms with Crippen LogP contribution in [0.1, 0.15) is 17.3 Å². The van der Waals surface area contributed by atoms with Gasteiger partial charge in [-0.2, -0.15) is 0 Å². The second-order valence-electron chi connectivity index (χ2n) is 5.70. The third-order valence-corrected chi connectivity index (χ3v) is 4.31. The van der Waals surface area contributed by atoms with E-state index in [1.165, 1.54) is 6.20 Å². The Balaban J connectivity index is 1.99. The zero-order chi connectivity index (χ0) is 16.8. The molecule has 4 aromatic rings. The molecule has 0 saturated heterocycles. The number of carbonyl (C=O) groups is 1. The SMILES string of the molecule is CCn1c(-c2nc3cc(C(=O)O)cnc3n2C)cc2ccccc21. The highest BCUT2D eigenvalue weighted by molar-refractivity contribution is 5.92. The van der Waals surface area contributed by atoms with Gasteiger partial charge in [-0.25, -0.2) is 14.8 Å². The molecule has 0 aliphatic carbocycles. The second-order valence-corrected chi connectivity index (χ2v) is 5.70. The van der Waals surface area contributed by atoms with Crippen LogP contribution in [-0.4, -0.2) is 30.2 Å². The van der Waals surface area contributed by atoms with E-state index in [0.717, 1.165) is 29.0 Å². The number of carboxylic acid groups (broad SMARTS) is 1. The Hall–Kier alpha value is -3.15. The lowest BCUT2D eigenvalue weighted by Gasteiger charge is -2.07. The lowest BCUT2D eigenvalue weighted by Crippen LogP contribution is -2.01. The molecule has 0 aliphatic rings. The van der Waals surface area contributed by atoms with Crippen LogP contribution in [0.15, 0.2) is 42.6 Å². The smallest absolute Gasteiger partial charge is 0.337 e. The molecule has 0 spiro atoms. The van der Waals surface area contributed by atoms with Crippen LogP contribution in [0.5, 0.6) is 0 Å². The average Bonchev–Trinajstić information content (AvgIpc) is 3.12. The fourth-order valence-electron chi connectivity index (χ4n) is 3.16. The predicted octanol–water partition coefficient (Wildman–Crippen LogP) is 3.31. The fourth-order valence-corrected chi connectivity index (χ4v) is 3.16. The van der Waals surface area contributed by atoms with Gasteiger partial charge in [0.25, 0.3) is 0 Å². The molecule has 0 atom stereocenters. The number of carboxylic acids is 1. The van der Waals surface area contributed by atoms with Crippen molar-refractivity contribution in [3.05, 3.63) is 48.2 Å². The fraction of sp³-hybridized carbons (Fsp3) is 0.167. The Bertz CT molecular complexity index is 1090. The second kappa shape index (κ2) is 5.19. The summed E-state index contributed by atoms with van der Waals surface area (Å²) in [5.74, 6) is -0.225. The van der Waals surface area contributed by atoms with Crippen LogP contribution in [0.3, 0.4) is 0 Å². The summed E-state index contributed by atoms with van der Waals surface area (Å²) in [4.78, 5) is 20.1. The Morgan fingerprint density at radius 3 is 2.79 bits per heavy atom. The van der Waals surface area contributed by atoms with Crippen molar-refractivity contribution in [1.29, 1.82) is 0 Å². The summed E-state index contributed by atoms with van der Waals surface area (Å²) >= 11 is 0.